The zero-order valence-electron chi connectivity index (χ0n) is 7.86. The number of aryl methyl sites for hydroxylation is 1. The molecule has 76 valence electrons. The molecule has 6 heteroatoms. The summed E-state index contributed by atoms with van der Waals surface area (Å²) in [5.74, 6) is 0.642. The highest BCUT2D eigenvalue weighted by Crippen LogP contribution is 1.99. The van der Waals surface area contributed by atoms with Gasteiger partial charge in [0.25, 0.3) is 0 Å². The number of hydrogen-bond donors (Lipinski definition) is 2. The van der Waals surface area contributed by atoms with Crippen LogP contribution in [0.15, 0.2) is 12.1 Å². The maximum atomic E-state index is 10.2. The van der Waals surface area contributed by atoms with Gasteiger partial charge in [0.15, 0.2) is 0 Å². The van der Waals surface area contributed by atoms with E-state index in [4.69, 9.17) is 5.73 Å². The molecule has 1 heterocycles. The molecular formula is C8H12N4O2. The molecular weight excluding hydrogens is 184 g/mol. The van der Waals surface area contributed by atoms with Gasteiger partial charge in [-0.25, -0.2) is 4.79 Å². The number of nitrogens with one attached hydrogen (secondary N) is 1. The zero-order valence-corrected chi connectivity index (χ0v) is 7.86. The average molecular weight is 196 g/mol. The lowest BCUT2D eigenvalue weighted by atomic mass is 10.4. The molecule has 0 aliphatic heterocycles. The number of ether oxygens (including phenoxy) is 1. The molecule has 0 fully saturated rings. The smallest absolute Gasteiger partial charge is 0.404 e. The summed E-state index contributed by atoms with van der Waals surface area (Å²) < 4.78 is 4.52. The van der Waals surface area contributed by atoms with Crippen LogP contribution in [-0.4, -0.2) is 29.4 Å². The first-order valence-corrected chi connectivity index (χ1v) is 4.15. The van der Waals surface area contributed by atoms with Crippen LogP contribution in [0.25, 0.3) is 0 Å². The first kappa shape index (κ1) is 10.2. The molecule has 0 radical (unpaired) electrons. The van der Waals surface area contributed by atoms with E-state index in [2.05, 4.69) is 20.3 Å². The van der Waals surface area contributed by atoms with Crippen LogP contribution in [0.3, 0.4) is 0 Å². The Bertz CT molecular complexity index is 299. The standard InChI is InChI=1S/C8H12N4O2/c1-6-2-3-7(12-11-6)10-4-5-14-8(9)13/h2-3H,4-5H2,1H3,(H2,9,13)(H,10,12). The van der Waals surface area contributed by atoms with Gasteiger partial charge in [0.2, 0.25) is 0 Å². The minimum absolute atomic E-state index is 0.213. The summed E-state index contributed by atoms with van der Waals surface area (Å²) in [5, 5.41) is 10.6. The van der Waals surface area contributed by atoms with Crippen molar-refractivity contribution in [3.05, 3.63) is 17.8 Å². The number of nitrogens with zero attached hydrogens (tertiary/aromatic N) is 2. The summed E-state index contributed by atoms with van der Waals surface area (Å²) in [6.07, 6.45) is -0.776. The van der Waals surface area contributed by atoms with Crippen molar-refractivity contribution in [2.75, 3.05) is 18.5 Å². The van der Waals surface area contributed by atoms with Crippen LogP contribution < -0.4 is 11.1 Å². The predicted octanol–water partition coefficient (Wildman–Crippen LogP) is 0.292. The third kappa shape index (κ3) is 3.70. The average Bonchev–Trinajstić information content (AvgIpc) is 2.15. The summed E-state index contributed by atoms with van der Waals surface area (Å²) in [6, 6.07) is 3.64. The molecule has 14 heavy (non-hydrogen) atoms. The van der Waals surface area contributed by atoms with Crippen LogP contribution in [0.4, 0.5) is 10.6 Å². The van der Waals surface area contributed by atoms with Crippen LogP contribution in [0.2, 0.25) is 0 Å². The van der Waals surface area contributed by atoms with Crippen molar-refractivity contribution >= 4 is 11.9 Å². The van der Waals surface area contributed by atoms with E-state index in [0.717, 1.165) is 5.69 Å². The molecule has 1 aromatic heterocycles. The van der Waals surface area contributed by atoms with E-state index in [1.54, 1.807) is 6.07 Å². The summed E-state index contributed by atoms with van der Waals surface area (Å²) in [4.78, 5) is 10.2. The Kier molecular flexibility index (Phi) is 3.66. The van der Waals surface area contributed by atoms with Crippen molar-refractivity contribution in [1.29, 1.82) is 0 Å². The van der Waals surface area contributed by atoms with Crippen LogP contribution in [0.1, 0.15) is 5.69 Å². The van der Waals surface area contributed by atoms with Crippen molar-refractivity contribution in [3.8, 4) is 0 Å². The fourth-order valence-corrected chi connectivity index (χ4v) is 0.824. The molecule has 1 rings (SSSR count). The van der Waals surface area contributed by atoms with E-state index in [-0.39, 0.29) is 6.61 Å². The normalized spacial score (nSPS) is 9.50. The number of carbonyl (C=O) groups is 1. The lowest BCUT2D eigenvalue weighted by Crippen LogP contribution is -2.18. The fourth-order valence-electron chi connectivity index (χ4n) is 0.824. The second-order valence-electron chi connectivity index (χ2n) is 2.65. The minimum atomic E-state index is -0.776. The highest BCUT2D eigenvalue weighted by Gasteiger charge is 1.95. The van der Waals surface area contributed by atoms with Gasteiger partial charge in [-0.2, -0.15) is 5.10 Å². The van der Waals surface area contributed by atoms with Gasteiger partial charge in [0, 0.05) is 0 Å². The number of aromatic nitrogens is 2. The fraction of sp³-hybridized carbons (Fsp3) is 0.375. The number of amides is 1. The molecule has 0 spiro atoms. The minimum Gasteiger partial charge on any atom is -0.448 e. The second-order valence-corrected chi connectivity index (χ2v) is 2.65. The van der Waals surface area contributed by atoms with E-state index in [1.807, 2.05) is 13.0 Å². The highest BCUT2D eigenvalue weighted by molar-refractivity contribution is 5.64. The zero-order chi connectivity index (χ0) is 10.4. The van der Waals surface area contributed by atoms with Crippen LogP contribution in [0, 0.1) is 6.92 Å². The van der Waals surface area contributed by atoms with Crippen molar-refractivity contribution < 1.29 is 9.53 Å². The SMILES string of the molecule is Cc1ccc(NCCOC(N)=O)nn1. The summed E-state index contributed by atoms with van der Waals surface area (Å²) in [5.41, 5.74) is 5.63. The van der Waals surface area contributed by atoms with E-state index < -0.39 is 6.09 Å². The first-order chi connectivity index (χ1) is 6.68. The molecule has 0 atom stereocenters. The molecule has 0 aliphatic rings. The summed E-state index contributed by atoms with van der Waals surface area (Å²) >= 11 is 0. The molecule has 0 saturated carbocycles. The Balaban J connectivity index is 2.25. The Morgan fingerprint density at radius 1 is 1.57 bits per heavy atom. The molecule has 0 unspecified atom stereocenters. The van der Waals surface area contributed by atoms with E-state index in [1.165, 1.54) is 0 Å². The van der Waals surface area contributed by atoms with Gasteiger partial charge in [-0.1, -0.05) is 0 Å². The predicted molar refractivity (Wildman–Crippen MR) is 50.8 cm³/mol. The maximum Gasteiger partial charge on any atom is 0.404 e. The largest absolute Gasteiger partial charge is 0.448 e. The Morgan fingerprint density at radius 2 is 2.36 bits per heavy atom. The Labute approximate surface area is 81.5 Å². The van der Waals surface area contributed by atoms with E-state index in [9.17, 15) is 4.79 Å². The van der Waals surface area contributed by atoms with E-state index in [0.29, 0.717) is 12.4 Å². The monoisotopic (exact) mass is 196 g/mol. The van der Waals surface area contributed by atoms with Crippen LogP contribution in [-0.2, 0) is 4.74 Å². The molecule has 0 aromatic carbocycles. The Morgan fingerprint density at radius 3 is 2.93 bits per heavy atom. The first-order valence-electron chi connectivity index (χ1n) is 4.15. The third-order valence-corrected chi connectivity index (χ3v) is 1.45. The van der Waals surface area contributed by atoms with Crippen molar-refractivity contribution in [1.82, 2.24) is 10.2 Å². The third-order valence-electron chi connectivity index (χ3n) is 1.45. The van der Waals surface area contributed by atoms with Crippen LogP contribution in [0.5, 0.6) is 0 Å². The lowest BCUT2D eigenvalue weighted by Gasteiger charge is -2.04. The lowest BCUT2D eigenvalue weighted by molar-refractivity contribution is 0.161. The number of nitrogens with two attached hydrogens (primary N) is 1. The van der Waals surface area contributed by atoms with Gasteiger partial charge in [-0.3, -0.25) is 0 Å². The molecule has 3 N–H and O–H groups in total. The number of carbonyl (C=O) groups excluding carboxylic acids is 1. The number of anilines is 1. The topological polar surface area (TPSA) is 90.1 Å². The van der Waals surface area contributed by atoms with Crippen LogP contribution >= 0.6 is 0 Å². The highest BCUT2D eigenvalue weighted by atomic mass is 16.5. The van der Waals surface area contributed by atoms with Crippen molar-refractivity contribution in [2.45, 2.75) is 6.92 Å². The van der Waals surface area contributed by atoms with Gasteiger partial charge in [0.1, 0.15) is 12.4 Å². The summed E-state index contributed by atoms with van der Waals surface area (Å²) in [6.45, 7) is 2.53. The van der Waals surface area contributed by atoms with E-state index >= 15 is 0 Å². The second kappa shape index (κ2) is 5.00. The molecule has 0 saturated heterocycles. The van der Waals surface area contributed by atoms with Crippen molar-refractivity contribution in [3.63, 3.8) is 0 Å². The van der Waals surface area contributed by atoms with Gasteiger partial charge < -0.3 is 15.8 Å². The van der Waals surface area contributed by atoms with Gasteiger partial charge in [-0.15, -0.1) is 5.10 Å². The molecule has 6 nitrogen and oxygen atoms in total. The number of primary amides is 1. The molecule has 0 aliphatic carbocycles. The molecule has 1 amide bonds. The Hall–Kier alpha value is -1.85. The number of hydrogen-bond acceptors (Lipinski definition) is 5. The van der Waals surface area contributed by atoms with Gasteiger partial charge in [0.05, 0.1) is 12.2 Å². The molecule has 0 bridgehead atoms. The molecule has 1 aromatic rings. The van der Waals surface area contributed by atoms with Crippen molar-refractivity contribution in [2.24, 2.45) is 5.73 Å². The van der Waals surface area contributed by atoms with Gasteiger partial charge in [-0.05, 0) is 19.1 Å². The number of rotatable bonds is 4. The summed E-state index contributed by atoms with van der Waals surface area (Å²) in [7, 11) is 0. The maximum absolute atomic E-state index is 10.2. The quantitative estimate of drug-likeness (QED) is 0.675. The van der Waals surface area contributed by atoms with Gasteiger partial charge >= 0.3 is 6.09 Å².